The first kappa shape index (κ1) is 17.2. The van der Waals surface area contributed by atoms with Gasteiger partial charge in [0.15, 0.2) is 0 Å². The summed E-state index contributed by atoms with van der Waals surface area (Å²) in [5.74, 6) is 1.55. The van der Waals surface area contributed by atoms with Crippen molar-refractivity contribution in [1.82, 2.24) is 10.6 Å². The molecule has 0 aromatic rings. The lowest BCUT2D eigenvalue weighted by Gasteiger charge is -2.22. The summed E-state index contributed by atoms with van der Waals surface area (Å²) >= 11 is 0. The highest BCUT2D eigenvalue weighted by Crippen LogP contribution is 2.26. The monoisotopic (exact) mass is 330 g/mol. The first-order chi connectivity index (χ1) is 11.7. The Labute approximate surface area is 145 Å². The van der Waals surface area contributed by atoms with E-state index < -0.39 is 0 Å². The summed E-state index contributed by atoms with van der Waals surface area (Å²) in [6.45, 7) is 0.698. The second-order valence-corrected chi connectivity index (χ2v) is 7.61. The van der Waals surface area contributed by atoms with Gasteiger partial charge in [-0.2, -0.15) is 0 Å². The van der Waals surface area contributed by atoms with Crippen LogP contribution in [0.25, 0.3) is 0 Å². The first-order valence-corrected chi connectivity index (χ1v) is 9.60. The van der Waals surface area contributed by atoms with E-state index in [4.69, 9.17) is 0 Å². The van der Waals surface area contributed by atoms with E-state index in [0.717, 1.165) is 44.9 Å². The number of hydrogen-bond acceptors (Lipinski definition) is 2. The van der Waals surface area contributed by atoms with Crippen LogP contribution < -0.4 is 10.6 Å². The zero-order valence-electron chi connectivity index (χ0n) is 14.5. The Bertz CT molecular complexity index is 512. The summed E-state index contributed by atoms with van der Waals surface area (Å²) in [6.07, 6.45) is 17.6. The normalized spacial score (nSPS) is 31.5. The SMILES string of the molecule is O=C(C[C@@H]1C=CCC1)NC[C@@H]1CCC[C@@H]1NC(=O)C[C@H]1C=CCC1. The summed E-state index contributed by atoms with van der Waals surface area (Å²) in [6, 6.07) is 0.231. The third-order valence-corrected chi connectivity index (χ3v) is 5.69. The molecule has 0 bridgehead atoms. The summed E-state index contributed by atoms with van der Waals surface area (Å²) in [7, 11) is 0. The number of nitrogens with one attached hydrogen (secondary N) is 2. The molecule has 3 rings (SSSR count). The van der Waals surface area contributed by atoms with Crippen molar-refractivity contribution in [2.24, 2.45) is 17.8 Å². The highest BCUT2D eigenvalue weighted by Gasteiger charge is 2.29. The molecule has 3 aliphatic rings. The van der Waals surface area contributed by atoms with Crippen LogP contribution >= 0.6 is 0 Å². The molecule has 0 saturated heterocycles. The number of amides is 2. The van der Waals surface area contributed by atoms with E-state index in [1.807, 2.05) is 0 Å². The Morgan fingerprint density at radius 1 is 0.875 bits per heavy atom. The van der Waals surface area contributed by atoms with Crippen LogP contribution in [0.4, 0.5) is 0 Å². The van der Waals surface area contributed by atoms with E-state index in [1.165, 1.54) is 0 Å². The van der Waals surface area contributed by atoms with Crippen molar-refractivity contribution in [3.8, 4) is 0 Å². The van der Waals surface area contributed by atoms with Crippen molar-refractivity contribution in [3.05, 3.63) is 24.3 Å². The van der Waals surface area contributed by atoms with Crippen LogP contribution in [0.5, 0.6) is 0 Å². The van der Waals surface area contributed by atoms with Gasteiger partial charge < -0.3 is 10.6 Å². The zero-order chi connectivity index (χ0) is 16.8. The molecule has 0 aromatic carbocycles. The van der Waals surface area contributed by atoms with Gasteiger partial charge in [-0.05, 0) is 56.3 Å². The highest BCUT2D eigenvalue weighted by molar-refractivity contribution is 5.77. The summed E-state index contributed by atoms with van der Waals surface area (Å²) in [4.78, 5) is 24.3. The van der Waals surface area contributed by atoms with Crippen LogP contribution in [0.15, 0.2) is 24.3 Å². The Balaban J connectivity index is 1.38. The summed E-state index contributed by atoms with van der Waals surface area (Å²) in [5, 5.41) is 6.31. The minimum atomic E-state index is 0.152. The zero-order valence-corrected chi connectivity index (χ0v) is 14.5. The lowest BCUT2D eigenvalue weighted by molar-refractivity contribution is -0.122. The maximum Gasteiger partial charge on any atom is 0.220 e. The van der Waals surface area contributed by atoms with E-state index in [0.29, 0.717) is 37.1 Å². The quantitative estimate of drug-likeness (QED) is 0.705. The predicted molar refractivity (Wildman–Crippen MR) is 95.2 cm³/mol. The second-order valence-electron chi connectivity index (χ2n) is 7.61. The molecular formula is C20H30N2O2. The predicted octanol–water partition coefficient (Wildman–Crippen LogP) is 3.10. The molecule has 0 aromatic heterocycles. The van der Waals surface area contributed by atoms with E-state index >= 15 is 0 Å². The third-order valence-electron chi connectivity index (χ3n) is 5.69. The Morgan fingerprint density at radius 2 is 1.54 bits per heavy atom. The van der Waals surface area contributed by atoms with Crippen LogP contribution in [0.1, 0.15) is 57.8 Å². The maximum atomic E-state index is 12.2. The fourth-order valence-corrected chi connectivity index (χ4v) is 4.26. The van der Waals surface area contributed by atoms with Gasteiger partial charge in [-0.1, -0.05) is 30.7 Å². The molecule has 1 saturated carbocycles. The van der Waals surface area contributed by atoms with Crippen molar-refractivity contribution in [2.45, 2.75) is 63.8 Å². The standard InChI is InChI=1S/C20H30N2O2/c23-19(12-15-6-1-2-7-15)21-14-17-10-5-11-18(17)22-20(24)13-16-8-3-4-9-16/h1,3,6,8,15-18H,2,4-5,7,9-14H2,(H,21,23)(H,22,24)/t15-,16+,17+,18+/m1/s1. The highest BCUT2D eigenvalue weighted by atomic mass is 16.2. The molecule has 2 N–H and O–H groups in total. The molecule has 0 spiro atoms. The van der Waals surface area contributed by atoms with Crippen LogP contribution in [0, 0.1) is 17.8 Å². The van der Waals surface area contributed by atoms with E-state index in [1.54, 1.807) is 0 Å². The Hall–Kier alpha value is -1.58. The molecule has 3 aliphatic carbocycles. The van der Waals surface area contributed by atoms with Crippen molar-refractivity contribution in [1.29, 1.82) is 0 Å². The van der Waals surface area contributed by atoms with Gasteiger partial charge in [0, 0.05) is 25.4 Å². The molecule has 4 heteroatoms. The van der Waals surface area contributed by atoms with Crippen molar-refractivity contribution < 1.29 is 9.59 Å². The van der Waals surface area contributed by atoms with Crippen LogP contribution in [-0.2, 0) is 9.59 Å². The topological polar surface area (TPSA) is 58.2 Å². The minimum Gasteiger partial charge on any atom is -0.356 e. The van der Waals surface area contributed by atoms with E-state index in [9.17, 15) is 9.59 Å². The van der Waals surface area contributed by atoms with Crippen LogP contribution in [0.3, 0.4) is 0 Å². The number of hydrogen-bond donors (Lipinski definition) is 2. The molecule has 4 atom stereocenters. The molecule has 0 heterocycles. The fourth-order valence-electron chi connectivity index (χ4n) is 4.26. The Kier molecular flexibility index (Phi) is 6.11. The number of carbonyl (C=O) groups is 2. The summed E-state index contributed by atoms with van der Waals surface area (Å²) < 4.78 is 0. The van der Waals surface area contributed by atoms with Gasteiger partial charge in [0.1, 0.15) is 0 Å². The fraction of sp³-hybridized carbons (Fsp3) is 0.700. The Morgan fingerprint density at radius 3 is 2.17 bits per heavy atom. The van der Waals surface area contributed by atoms with Gasteiger partial charge in [0.05, 0.1) is 0 Å². The van der Waals surface area contributed by atoms with Crippen LogP contribution in [-0.4, -0.2) is 24.4 Å². The van der Waals surface area contributed by atoms with Gasteiger partial charge in [-0.3, -0.25) is 9.59 Å². The lowest BCUT2D eigenvalue weighted by Crippen LogP contribution is -2.42. The second kappa shape index (κ2) is 8.50. The molecule has 0 unspecified atom stereocenters. The minimum absolute atomic E-state index is 0.152. The van der Waals surface area contributed by atoms with Crippen molar-refractivity contribution in [3.63, 3.8) is 0 Å². The first-order valence-electron chi connectivity index (χ1n) is 9.60. The van der Waals surface area contributed by atoms with Gasteiger partial charge in [0.2, 0.25) is 11.8 Å². The van der Waals surface area contributed by atoms with Crippen molar-refractivity contribution in [2.75, 3.05) is 6.54 Å². The number of carbonyl (C=O) groups excluding carboxylic acids is 2. The lowest BCUT2D eigenvalue weighted by atomic mass is 10.0. The smallest absolute Gasteiger partial charge is 0.220 e. The molecular weight excluding hydrogens is 300 g/mol. The average molecular weight is 330 g/mol. The van der Waals surface area contributed by atoms with Crippen molar-refractivity contribution >= 4 is 11.8 Å². The largest absolute Gasteiger partial charge is 0.356 e. The maximum absolute atomic E-state index is 12.2. The molecule has 24 heavy (non-hydrogen) atoms. The summed E-state index contributed by atoms with van der Waals surface area (Å²) in [5.41, 5.74) is 0. The van der Waals surface area contributed by atoms with Gasteiger partial charge in [-0.15, -0.1) is 0 Å². The van der Waals surface area contributed by atoms with Gasteiger partial charge in [-0.25, -0.2) is 0 Å². The van der Waals surface area contributed by atoms with Gasteiger partial charge >= 0.3 is 0 Å². The molecule has 0 aliphatic heterocycles. The number of rotatable bonds is 7. The molecule has 2 amide bonds. The molecule has 4 nitrogen and oxygen atoms in total. The molecule has 1 fully saturated rings. The van der Waals surface area contributed by atoms with Crippen LogP contribution in [0.2, 0.25) is 0 Å². The van der Waals surface area contributed by atoms with E-state index in [-0.39, 0.29) is 17.9 Å². The third kappa shape index (κ3) is 4.96. The van der Waals surface area contributed by atoms with Gasteiger partial charge in [0.25, 0.3) is 0 Å². The number of allylic oxidation sites excluding steroid dienone is 4. The molecule has 0 radical (unpaired) electrons. The van der Waals surface area contributed by atoms with E-state index in [2.05, 4.69) is 34.9 Å². The molecule has 132 valence electrons. The average Bonchev–Trinajstić information content (AvgIpc) is 3.28.